The lowest BCUT2D eigenvalue weighted by atomic mass is 9.93. The Hall–Kier alpha value is -1.35. The molecule has 0 spiro atoms. The number of phenolic OH excluding ortho intramolecular Hbond substituents is 1. The molecule has 0 aliphatic rings. The Bertz CT molecular complexity index is 345. The fraction of sp³-hybridized carbons (Fsp3) is 0.462. The zero-order valence-electron chi connectivity index (χ0n) is 9.81. The zero-order chi connectivity index (χ0) is 12.1. The van der Waals surface area contributed by atoms with Crippen LogP contribution < -0.4 is 5.73 Å². The van der Waals surface area contributed by atoms with Crippen molar-refractivity contribution in [3.05, 3.63) is 29.8 Å². The molecule has 16 heavy (non-hydrogen) atoms. The minimum absolute atomic E-state index is 0.0556. The van der Waals surface area contributed by atoms with Crippen molar-refractivity contribution in [1.82, 2.24) is 0 Å². The van der Waals surface area contributed by atoms with Gasteiger partial charge < -0.3 is 10.8 Å². The van der Waals surface area contributed by atoms with Crippen LogP contribution in [0, 0.1) is 5.92 Å². The highest BCUT2D eigenvalue weighted by molar-refractivity contribution is 5.86. The van der Waals surface area contributed by atoms with E-state index in [4.69, 9.17) is 10.8 Å². The normalized spacial score (nSPS) is 14.4. The van der Waals surface area contributed by atoms with Crippen LogP contribution in [0.3, 0.4) is 0 Å². The summed E-state index contributed by atoms with van der Waals surface area (Å²) >= 11 is 0. The zero-order valence-corrected chi connectivity index (χ0v) is 9.81. The molecule has 0 aliphatic carbocycles. The Morgan fingerprint density at radius 1 is 1.38 bits per heavy atom. The third kappa shape index (κ3) is 3.35. The number of ketones is 1. The Morgan fingerprint density at radius 2 is 1.94 bits per heavy atom. The molecular formula is C13H19NO2. The summed E-state index contributed by atoms with van der Waals surface area (Å²) in [6, 6.07) is 6.26. The van der Waals surface area contributed by atoms with Gasteiger partial charge in [-0.25, -0.2) is 0 Å². The first-order chi connectivity index (χ1) is 7.54. The average molecular weight is 221 g/mol. The van der Waals surface area contributed by atoms with Crippen molar-refractivity contribution in [2.75, 3.05) is 0 Å². The highest BCUT2D eigenvalue weighted by Crippen LogP contribution is 2.13. The predicted octanol–water partition coefficient (Wildman–Crippen LogP) is 1.88. The number of rotatable bonds is 5. The average Bonchev–Trinajstić information content (AvgIpc) is 2.30. The topological polar surface area (TPSA) is 63.3 Å². The van der Waals surface area contributed by atoms with Gasteiger partial charge in [-0.3, -0.25) is 4.79 Å². The number of aromatic hydroxyl groups is 1. The van der Waals surface area contributed by atoms with Crippen LogP contribution in [0.25, 0.3) is 0 Å². The van der Waals surface area contributed by atoms with E-state index < -0.39 is 0 Å². The highest BCUT2D eigenvalue weighted by atomic mass is 16.3. The van der Waals surface area contributed by atoms with E-state index in [0.29, 0.717) is 6.42 Å². The van der Waals surface area contributed by atoms with Crippen LogP contribution in [0.5, 0.6) is 5.75 Å². The lowest BCUT2D eigenvalue weighted by Gasteiger charge is -2.16. The maximum atomic E-state index is 11.8. The standard InChI is InChI=1S/C13H19NO2/c1-3-9(2)13(14)12(16)8-10-4-6-11(15)7-5-10/h4-7,9,13,15H,3,8,14H2,1-2H3. The van der Waals surface area contributed by atoms with E-state index in [2.05, 4.69) is 0 Å². The van der Waals surface area contributed by atoms with Crippen molar-refractivity contribution in [3.63, 3.8) is 0 Å². The third-order valence-electron chi connectivity index (χ3n) is 2.94. The van der Waals surface area contributed by atoms with Crippen molar-refractivity contribution in [2.24, 2.45) is 11.7 Å². The van der Waals surface area contributed by atoms with Crippen molar-refractivity contribution in [1.29, 1.82) is 0 Å². The van der Waals surface area contributed by atoms with E-state index >= 15 is 0 Å². The van der Waals surface area contributed by atoms with Crippen LogP contribution in [-0.4, -0.2) is 16.9 Å². The summed E-state index contributed by atoms with van der Waals surface area (Å²) < 4.78 is 0. The van der Waals surface area contributed by atoms with Gasteiger partial charge >= 0.3 is 0 Å². The summed E-state index contributed by atoms with van der Waals surface area (Å²) in [6.07, 6.45) is 1.24. The molecule has 0 fully saturated rings. The molecule has 0 saturated carbocycles. The first-order valence-electron chi connectivity index (χ1n) is 5.60. The summed E-state index contributed by atoms with van der Waals surface area (Å²) in [6.45, 7) is 4.01. The first kappa shape index (κ1) is 12.7. The molecule has 0 saturated heterocycles. The molecule has 0 bridgehead atoms. The Balaban J connectivity index is 2.60. The van der Waals surface area contributed by atoms with E-state index in [1.165, 1.54) is 0 Å². The Labute approximate surface area is 96.3 Å². The van der Waals surface area contributed by atoms with Gasteiger partial charge in [-0.05, 0) is 23.6 Å². The smallest absolute Gasteiger partial charge is 0.154 e. The second-order valence-corrected chi connectivity index (χ2v) is 4.22. The molecule has 0 aromatic heterocycles. The molecule has 3 nitrogen and oxygen atoms in total. The second kappa shape index (κ2) is 5.66. The number of hydrogen-bond acceptors (Lipinski definition) is 3. The van der Waals surface area contributed by atoms with Crippen molar-refractivity contribution in [2.45, 2.75) is 32.7 Å². The monoisotopic (exact) mass is 221 g/mol. The number of carbonyl (C=O) groups excluding carboxylic acids is 1. The van der Waals surface area contributed by atoms with Crippen molar-refractivity contribution >= 4 is 5.78 Å². The molecule has 3 N–H and O–H groups in total. The van der Waals surface area contributed by atoms with Crippen LogP contribution in [0.15, 0.2) is 24.3 Å². The van der Waals surface area contributed by atoms with Gasteiger partial charge in [0.1, 0.15) is 5.75 Å². The van der Waals surface area contributed by atoms with Gasteiger partial charge in [0.15, 0.2) is 5.78 Å². The number of phenols is 1. The van der Waals surface area contributed by atoms with Gasteiger partial charge in [-0.15, -0.1) is 0 Å². The number of benzene rings is 1. The van der Waals surface area contributed by atoms with Crippen LogP contribution >= 0.6 is 0 Å². The van der Waals surface area contributed by atoms with Gasteiger partial charge in [-0.1, -0.05) is 32.4 Å². The molecule has 1 aromatic carbocycles. The maximum absolute atomic E-state index is 11.8. The summed E-state index contributed by atoms with van der Waals surface area (Å²) in [4.78, 5) is 11.8. The SMILES string of the molecule is CCC(C)C(N)C(=O)Cc1ccc(O)cc1. The van der Waals surface area contributed by atoms with Gasteiger partial charge in [0.2, 0.25) is 0 Å². The Morgan fingerprint density at radius 3 is 2.44 bits per heavy atom. The molecule has 0 amide bonds. The van der Waals surface area contributed by atoms with Gasteiger partial charge in [0.25, 0.3) is 0 Å². The molecule has 0 heterocycles. The third-order valence-corrected chi connectivity index (χ3v) is 2.94. The van der Waals surface area contributed by atoms with E-state index in [-0.39, 0.29) is 23.5 Å². The van der Waals surface area contributed by atoms with E-state index in [9.17, 15) is 4.79 Å². The highest BCUT2D eigenvalue weighted by Gasteiger charge is 2.19. The van der Waals surface area contributed by atoms with E-state index in [0.717, 1.165) is 12.0 Å². The summed E-state index contributed by atoms with van der Waals surface area (Å²) in [7, 11) is 0. The fourth-order valence-corrected chi connectivity index (χ4v) is 1.50. The number of Topliss-reactive ketones (excluding diaryl/α,β-unsaturated/α-hetero) is 1. The number of carbonyl (C=O) groups is 1. The Kier molecular flexibility index (Phi) is 4.50. The number of nitrogens with two attached hydrogens (primary N) is 1. The number of hydrogen-bond donors (Lipinski definition) is 2. The molecule has 3 heteroatoms. The van der Waals surface area contributed by atoms with Crippen molar-refractivity contribution < 1.29 is 9.90 Å². The van der Waals surface area contributed by atoms with Crippen molar-refractivity contribution in [3.8, 4) is 5.75 Å². The summed E-state index contributed by atoms with van der Waals surface area (Å²) in [5.41, 5.74) is 6.74. The second-order valence-electron chi connectivity index (χ2n) is 4.22. The molecule has 0 aliphatic heterocycles. The van der Waals surface area contributed by atoms with Gasteiger partial charge in [0, 0.05) is 6.42 Å². The molecule has 1 aromatic rings. The quantitative estimate of drug-likeness (QED) is 0.798. The first-order valence-corrected chi connectivity index (χ1v) is 5.60. The minimum Gasteiger partial charge on any atom is -0.508 e. The van der Waals surface area contributed by atoms with Crippen LogP contribution in [0.2, 0.25) is 0 Å². The molecule has 1 rings (SSSR count). The van der Waals surface area contributed by atoms with Crippen LogP contribution in [0.1, 0.15) is 25.8 Å². The lowest BCUT2D eigenvalue weighted by molar-refractivity contribution is -0.120. The molecular weight excluding hydrogens is 202 g/mol. The van der Waals surface area contributed by atoms with Crippen LogP contribution in [0.4, 0.5) is 0 Å². The summed E-state index contributed by atoms with van der Waals surface area (Å²) in [5.74, 6) is 0.479. The molecule has 2 unspecified atom stereocenters. The fourth-order valence-electron chi connectivity index (χ4n) is 1.50. The minimum atomic E-state index is -0.390. The van der Waals surface area contributed by atoms with E-state index in [1.807, 2.05) is 13.8 Å². The molecule has 2 atom stereocenters. The largest absolute Gasteiger partial charge is 0.508 e. The van der Waals surface area contributed by atoms with Gasteiger partial charge in [-0.2, -0.15) is 0 Å². The van der Waals surface area contributed by atoms with E-state index in [1.54, 1.807) is 24.3 Å². The predicted molar refractivity (Wildman–Crippen MR) is 64.2 cm³/mol. The molecule has 88 valence electrons. The summed E-state index contributed by atoms with van der Waals surface area (Å²) in [5, 5.41) is 9.12. The van der Waals surface area contributed by atoms with Gasteiger partial charge in [0.05, 0.1) is 6.04 Å². The molecule has 0 radical (unpaired) electrons. The lowest BCUT2D eigenvalue weighted by Crippen LogP contribution is -2.37. The maximum Gasteiger partial charge on any atom is 0.154 e. The van der Waals surface area contributed by atoms with Crippen LogP contribution in [-0.2, 0) is 11.2 Å².